The van der Waals surface area contributed by atoms with Gasteiger partial charge in [0.1, 0.15) is 5.75 Å². The number of methoxy groups -OCH3 is 1. The molecule has 2 N–H and O–H groups in total. The maximum atomic E-state index is 12.8. The summed E-state index contributed by atoms with van der Waals surface area (Å²) < 4.78 is 5.15. The van der Waals surface area contributed by atoms with Gasteiger partial charge in [-0.2, -0.15) is 0 Å². The van der Waals surface area contributed by atoms with Crippen molar-refractivity contribution in [3.05, 3.63) is 24.3 Å². The fourth-order valence-corrected chi connectivity index (χ4v) is 4.74. The van der Waals surface area contributed by atoms with Crippen LogP contribution in [-0.2, 0) is 4.79 Å². The first-order valence-electron chi connectivity index (χ1n) is 11.0. The molecular formula is C22H31N5O4. The highest BCUT2D eigenvalue weighted by Gasteiger charge is 2.36. The van der Waals surface area contributed by atoms with Gasteiger partial charge in [-0.3, -0.25) is 4.79 Å². The lowest BCUT2D eigenvalue weighted by molar-refractivity contribution is -0.131. The van der Waals surface area contributed by atoms with Gasteiger partial charge >= 0.3 is 12.1 Å². The van der Waals surface area contributed by atoms with E-state index < -0.39 is 0 Å². The van der Waals surface area contributed by atoms with E-state index in [0.29, 0.717) is 64.1 Å². The molecule has 168 valence electrons. The Balaban J connectivity index is 1.29. The number of urea groups is 2. The van der Waals surface area contributed by atoms with Crippen molar-refractivity contribution in [2.24, 2.45) is 11.8 Å². The zero-order valence-electron chi connectivity index (χ0n) is 18.0. The normalized spacial score (nSPS) is 23.8. The number of amides is 5. The smallest absolute Gasteiger partial charge is 0.321 e. The van der Waals surface area contributed by atoms with Gasteiger partial charge < -0.3 is 30.1 Å². The molecule has 4 rings (SSSR count). The number of nitrogens with zero attached hydrogens (tertiary/aromatic N) is 3. The van der Waals surface area contributed by atoms with Crippen LogP contribution >= 0.6 is 0 Å². The monoisotopic (exact) mass is 429 g/mol. The van der Waals surface area contributed by atoms with Gasteiger partial charge in [0.2, 0.25) is 5.91 Å². The number of hydrogen-bond acceptors (Lipinski definition) is 4. The lowest BCUT2D eigenvalue weighted by atomic mass is 9.82. The van der Waals surface area contributed by atoms with Gasteiger partial charge in [-0.15, -0.1) is 0 Å². The molecule has 31 heavy (non-hydrogen) atoms. The number of carbonyl (C=O) groups is 3. The molecule has 9 heteroatoms. The van der Waals surface area contributed by atoms with Crippen LogP contribution < -0.4 is 15.4 Å². The van der Waals surface area contributed by atoms with Crippen LogP contribution in [0.15, 0.2) is 24.3 Å². The Morgan fingerprint density at radius 3 is 2.52 bits per heavy atom. The number of carbonyl (C=O) groups excluding carboxylic acids is 3. The Labute approximate surface area is 182 Å². The fourth-order valence-electron chi connectivity index (χ4n) is 4.74. The lowest BCUT2D eigenvalue weighted by Crippen LogP contribution is -2.45. The first-order valence-corrected chi connectivity index (χ1v) is 11.0. The molecule has 3 aliphatic rings. The van der Waals surface area contributed by atoms with E-state index in [0.717, 1.165) is 24.3 Å². The Morgan fingerprint density at radius 2 is 1.81 bits per heavy atom. The summed E-state index contributed by atoms with van der Waals surface area (Å²) in [7, 11) is 1.61. The van der Waals surface area contributed by atoms with Gasteiger partial charge in [-0.25, -0.2) is 9.59 Å². The molecule has 0 bridgehead atoms. The van der Waals surface area contributed by atoms with Crippen LogP contribution in [0, 0.1) is 11.8 Å². The number of ether oxygens (including phenoxy) is 1. The second kappa shape index (κ2) is 9.45. The molecule has 3 heterocycles. The zero-order chi connectivity index (χ0) is 21.8. The van der Waals surface area contributed by atoms with E-state index in [-0.39, 0.29) is 18.0 Å². The summed E-state index contributed by atoms with van der Waals surface area (Å²) in [4.78, 5) is 42.8. The summed E-state index contributed by atoms with van der Waals surface area (Å²) in [6.07, 6.45) is 2.26. The number of nitrogens with one attached hydrogen (secondary N) is 2. The molecule has 1 aromatic rings. The number of likely N-dealkylation sites (tertiary alicyclic amines) is 2. The quantitative estimate of drug-likeness (QED) is 0.747. The summed E-state index contributed by atoms with van der Waals surface area (Å²) in [6.45, 7) is 4.53. The lowest BCUT2D eigenvalue weighted by Gasteiger charge is -2.37. The molecule has 9 nitrogen and oxygen atoms in total. The predicted molar refractivity (Wildman–Crippen MR) is 116 cm³/mol. The minimum atomic E-state index is -0.101. The molecule has 3 fully saturated rings. The molecule has 1 aromatic carbocycles. The van der Waals surface area contributed by atoms with Gasteiger partial charge in [0, 0.05) is 57.9 Å². The average Bonchev–Trinajstić information content (AvgIpc) is 3.12. The molecule has 0 aromatic heterocycles. The second-order valence-electron chi connectivity index (χ2n) is 8.51. The third kappa shape index (κ3) is 5.03. The first kappa shape index (κ1) is 21.3. The highest BCUT2D eigenvalue weighted by molar-refractivity contribution is 5.89. The Morgan fingerprint density at radius 1 is 1.06 bits per heavy atom. The van der Waals surface area contributed by atoms with E-state index in [2.05, 4.69) is 10.6 Å². The van der Waals surface area contributed by atoms with Gasteiger partial charge in [-0.1, -0.05) is 0 Å². The number of anilines is 1. The molecule has 3 saturated heterocycles. The minimum absolute atomic E-state index is 0.0468. The van der Waals surface area contributed by atoms with E-state index in [1.807, 2.05) is 34.1 Å². The molecular weight excluding hydrogens is 398 g/mol. The largest absolute Gasteiger partial charge is 0.497 e. The topological polar surface area (TPSA) is 94.2 Å². The zero-order valence-corrected chi connectivity index (χ0v) is 18.0. The van der Waals surface area contributed by atoms with Crippen LogP contribution in [-0.4, -0.2) is 85.6 Å². The van der Waals surface area contributed by atoms with Gasteiger partial charge in [0.25, 0.3) is 0 Å². The van der Waals surface area contributed by atoms with Crippen molar-refractivity contribution in [3.8, 4) is 5.75 Å². The minimum Gasteiger partial charge on any atom is -0.497 e. The number of piperidine rings is 1. The van der Waals surface area contributed by atoms with Crippen LogP contribution in [0.1, 0.15) is 19.3 Å². The highest BCUT2D eigenvalue weighted by atomic mass is 16.5. The second-order valence-corrected chi connectivity index (χ2v) is 8.51. The van der Waals surface area contributed by atoms with Gasteiger partial charge in [0.05, 0.1) is 7.11 Å². The van der Waals surface area contributed by atoms with Crippen LogP contribution in [0.3, 0.4) is 0 Å². The summed E-state index contributed by atoms with van der Waals surface area (Å²) >= 11 is 0. The Bertz CT molecular complexity index is 815. The molecule has 2 atom stereocenters. The predicted octanol–water partition coefficient (Wildman–Crippen LogP) is 1.81. The summed E-state index contributed by atoms with van der Waals surface area (Å²) in [5.74, 6) is 1.55. The third-order valence-electron chi connectivity index (χ3n) is 6.66. The molecule has 0 unspecified atom stereocenters. The maximum absolute atomic E-state index is 12.8. The molecule has 0 radical (unpaired) electrons. The van der Waals surface area contributed by atoms with E-state index in [1.54, 1.807) is 12.0 Å². The van der Waals surface area contributed by atoms with Crippen LogP contribution in [0.2, 0.25) is 0 Å². The van der Waals surface area contributed by atoms with E-state index in [4.69, 9.17) is 4.74 Å². The van der Waals surface area contributed by atoms with Crippen molar-refractivity contribution < 1.29 is 19.1 Å². The summed E-state index contributed by atoms with van der Waals surface area (Å²) in [5.41, 5.74) is 0.737. The Kier molecular flexibility index (Phi) is 6.48. The van der Waals surface area contributed by atoms with Crippen LogP contribution in [0.4, 0.5) is 15.3 Å². The molecule has 0 spiro atoms. The standard InChI is InChI=1S/C22H31N5O4/c1-31-19-4-2-18(3-5-19)24-22(30)27-10-6-16-14-20(28)25(9-7-17(16)15-27)12-13-26-11-8-23-21(26)29/h2-5,16-17H,6-15H2,1H3,(H,23,29)(H,24,30)/t16-,17+/m1/s1. The van der Waals surface area contributed by atoms with Gasteiger partial charge in [0.15, 0.2) is 0 Å². The van der Waals surface area contributed by atoms with Gasteiger partial charge in [-0.05, 0) is 48.9 Å². The van der Waals surface area contributed by atoms with E-state index in [9.17, 15) is 14.4 Å². The Hall–Kier alpha value is -2.97. The fraction of sp³-hybridized carbons (Fsp3) is 0.591. The van der Waals surface area contributed by atoms with E-state index >= 15 is 0 Å². The van der Waals surface area contributed by atoms with Crippen molar-refractivity contribution in [1.82, 2.24) is 20.0 Å². The maximum Gasteiger partial charge on any atom is 0.321 e. The van der Waals surface area contributed by atoms with Crippen molar-refractivity contribution in [2.45, 2.75) is 19.3 Å². The molecule has 5 amide bonds. The van der Waals surface area contributed by atoms with Crippen molar-refractivity contribution >= 4 is 23.7 Å². The number of hydrogen-bond donors (Lipinski definition) is 2. The SMILES string of the molecule is COc1ccc(NC(=O)N2CC[C@@H]3CC(=O)N(CCN4CCNC4=O)CC[C@H]3C2)cc1. The first-order chi connectivity index (χ1) is 15.0. The summed E-state index contributed by atoms with van der Waals surface area (Å²) in [6, 6.07) is 7.14. The van der Waals surface area contributed by atoms with Crippen molar-refractivity contribution in [2.75, 3.05) is 58.2 Å². The summed E-state index contributed by atoms with van der Waals surface area (Å²) in [5, 5.41) is 5.75. The number of fused-ring (bicyclic) bond motifs is 1. The number of rotatable bonds is 5. The molecule has 0 aliphatic carbocycles. The van der Waals surface area contributed by atoms with Crippen molar-refractivity contribution in [1.29, 1.82) is 0 Å². The third-order valence-corrected chi connectivity index (χ3v) is 6.66. The number of benzene rings is 1. The van der Waals surface area contributed by atoms with E-state index in [1.165, 1.54) is 0 Å². The highest BCUT2D eigenvalue weighted by Crippen LogP contribution is 2.32. The van der Waals surface area contributed by atoms with Crippen LogP contribution in [0.5, 0.6) is 5.75 Å². The average molecular weight is 430 g/mol. The molecule has 0 saturated carbocycles. The van der Waals surface area contributed by atoms with Crippen LogP contribution in [0.25, 0.3) is 0 Å². The molecule has 3 aliphatic heterocycles. The van der Waals surface area contributed by atoms with Crippen molar-refractivity contribution in [3.63, 3.8) is 0 Å².